The highest BCUT2D eigenvalue weighted by Crippen LogP contribution is 2.25. The third kappa shape index (κ3) is 3.20. The molecule has 0 bridgehead atoms. The fraction of sp³-hybridized carbons (Fsp3) is 0.800. The lowest BCUT2D eigenvalue weighted by molar-refractivity contribution is -0.139. The third-order valence-electron chi connectivity index (χ3n) is 2.88. The molecule has 0 radical (unpaired) electrons. The van der Waals surface area contributed by atoms with E-state index in [-0.39, 0.29) is 30.4 Å². The van der Waals surface area contributed by atoms with Gasteiger partial charge < -0.3 is 15.2 Å². The van der Waals surface area contributed by atoms with Gasteiger partial charge in [0.1, 0.15) is 0 Å². The van der Waals surface area contributed by atoms with Crippen LogP contribution in [0.2, 0.25) is 0 Å². The van der Waals surface area contributed by atoms with Gasteiger partial charge in [0.15, 0.2) is 0 Å². The van der Waals surface area contributed by atoms with E-state index in [0.717, 1.165) is 6.42 Å². The number of hydrogen-bond donors (Lipinski definition) is 2. The molecule has 1 saturated heterocycles. The van der Waals surface area contributed by atoms with Crippen molar-refractivity contribution in [2.45, 2.75) is 44.8 Å². The molecule has 5 nitrogen and oxygen atoms in total. The molecule has 15 heavy (non-hydrogen) atoms. The largest absolute Gasteiger partial charge is 0.481 e. The minimum Gasteiger partial charge on any atom is -0.481 e. The first kappa shape index (κ1) is 12.0. The average Bonchev–Trinajstić information content (AvgIpc) is 2.44. The number of ether oxygens (including phenoxy) is 1. The van der Waals surface area contributed by atoms with Gasteiger partial charge in [-0.1, -0.05) is 0 Å². The number of amides is 1. The minimum absolute atomic E-state index is 0.0220. The van der Waals surface area contributed by atoms with Crippen molar-refractivity contribution < 1.29 is 19.4 Å². The zero-order valence-electron chi connectivity index (χ0n) is 9.08. The van der Waals surface area contributed by atoms with Crippen LogP contribution >= 0.6 is 0 Å². The van der Waals surface area contributed by atoms with Crippen molar-refractivity contribution in [3.05, 3.63) is 0 Å². The minimum atomic E-state index is -0.953. The quantitative estimate of drug-likeness (QED) is 0.717. The summed E-state index contributed by atoms with van der Waals surface area (Å²) in [5.74, 6) is -1.18. The summed E-state index contributed by atoms with van der Waals surface area (Å²) in [5, 5.41) is 11.3. The first-order chi connectivity index (χ1) is 6.94. The molecule has 0 aromatic carbocycles. The van der Waals surface area contributed by atoms with Crippen LogP contribution in [0, 0.1) is 0 Å². The van der Waals surface area contributed by atoms with Gasteiger partial charge in [0.2, 0.25) is 5.91 Å². The lowest BCUT2D eigenvalue weighted by atomic mass is 9.94. The van der Waals surface area contributed by atoms with Crippen LogP contribution in [0.5, 0.6) is 0 Å². The van der Waals surface area contributed by atoms with Crippen LogP contribution < -0.4 is 5.32 Å². The molecular weight excluding hydrogens is 198 g/mol. The molecule has 2 unspecified atom stereocenters. The zero-order chi connectivity index (χ0) is 11.5. The van der Waals surface area contributed by atoms with Gasteiger partial charge in [-0.15, -0.1) is 0 Å². The monoisotopic (exact) mass is 215 g/mol. The van der Waals surface area contributed by atoms with E-state index in [4.69, 9.17) is 9.84 Å². The third-order valence-corrected chi connectivity index (χ3v) is 2.88. The maximum Gasteiger partial charge on any atom is 0.303 e. The number of carbonyl (C=O) groups excluding carboxylic acids is 1. The maximum absolute atomic E-state index is 11.4. The van der Waals surface area contributed by atoms with Crippen molar-refractivity contribution >= 4 is 11.9 Å². The Balaban J connectivity index is 2.40. The highest BCUT2D eigenvalue weighted by molar-refractivity contribution is 5.81. The lowest BCUT2D eigenvalue weighted by Crippen LogP contribution is -2.50. The highest BCUT2D eigenvalue weighted by Gasteiger charge is 2.38. The summed E-state index contributed by atoms with van der Waals surface area (Å²) in [6.45, 7) is 4.46. The Kier molecular flexibility index (Phi) is 3.68. The SMILES string of the molecule is CC1OCCC1(C)NC(=O)CCC(=O)O. The number of hydrogen-bond acceptors (Lipinski definition) is 3. The van der Waals surface area contributed by atoms with E-state index in [9.17, 15) is 9.59 Å². The van der Waals surface area contributed by atoms with E-state index in [2.05, 4.69) is 5.32 Å². The van der Waals surface area contributed by atoms with Crippen LogP contribution in [0.4, 0.5) is 0 Å². The van der Waals surface area contributed by atoms with E-state index in [1.807, 2.05) is 13.8 Å². The molecule has 0 aromatic rings. The normalized spacial score (nSPS) is 30.1. The maximum atomic E-state index is 11.4. The van der Waals surface area contributed by atoms with Crippen LogP contribution in [0.15, 0.2) is 0 Å². The van der Waals surface area contributed by atoms with Gasteiger partial charge in [0.05, 0.1) is 18.1 Å². The van der Waals surface area contributed by atoms with Gasteiger partial charge in [-0.2, -0.15) is 0 Å². The standard InChI is InChI=1S/C10H17NO4/c1-7-10(2,5-6-15-7)11-8(12)3-4-9(13)14/h7H,3-6H2,1-2H3,(H,11,12)(H,13,14). The molecule has 1 aliphatic rings. The van der Waals surface area contributed by atoms with Gasteiger partial charge in [0.25, 0.3) is 0 Å². The molecule has 2 atom stereocenters. The van der Waals surface area contributed by atoms with Gasteiger partial charge in [0, 0.05) is 13.0 Å². The lowest BCUT2D eigenvalue weighted by Gasteiger charge is -2.28. The molecule has 1 heterocycles. The number of carbonyl (C=O) groups is 2. The van der Waals surface area contributed by atoms with E-state index in [0.29, 0.717) is 6.61 Å². The number of carboxylic acid groups (broad SMARTS) is 1. The number of rotatable bonds is 4. The van der Waals surface area contributed by atoms with Crippen LogP contribution in [0.3, 0.4) is 0 Å². The molecule has 0 aromatic heterocycles. The molecule has 0 saturated carbocycles. The first-order valence-electron chi connectivity index (χ1n) is 5.08. The van der Waals surface area contributed by atoms with E-state index < -0.39 is 5.97 Å². The van der Waals surface area contributed by atoms with E-state index in [1.165, 1.54) is 0 Å². The van der Waals surface area contributed by atoms with E-state index in [1.54, 1.807) is 0 Å². The first-order valence-corrected chi connectivity index (χ1v) is 5.08. The van der Waals surface area contributed by atoms with Gasteiger partial charge >= 0.3 is 5.97 Å². The predicted octanol–water partition coefficient (Wildman–Crippen LogP) is 0.535. The average molecular weight is 215 g/mol. The summed E-state index contributed by atoms with van der Waals surface area (Å²) in [6.07, 6.45) is 0.646. The van der Waals surface area contributed by atoms with Crippen molar-refractivity contribution in [1.82, 2.24) is 5.32 Å². The smallest absolute Gasteiger partial charge is 0.303 e. The molecule has 1 aliphatic heterocycles. The number of carboxylic acids is 1. The molecule has 1 fully saturated rings. The summed E-state index contributed by atoms with van der Waals surface area (Å²) in [6, 6.07) is 0. The van der Waals surface area contributed by atoms with Crippen LogP contribution in [0.1, 0.15) is 33.1 Å². The molecule has 5 heteroatoms. The second kappa shape index (κ2) is 4.61. The number of nitrogens with one attached hydrogen (secondary N) is 1. The van der Waals surface area contributed by atoms with Gasteiger partial charge in [-0.3, -0.25) is 9.59 Å². The summed E-state index contributed by atoms with van der Waals surface area (Å²) in [5.41, 5.74) is -0.352. The Morgan fingerprint density at radius 1 is 1.53 bits per heavy atom. The Morgan fingerprint density at radius 2 is 2.20 bits per heavy atom. The predicted molar refractivity (Wildman–Crippen MR) is 53.4 cm³/mol. The topological polar surface area (TPSA) is 75.6 Å². The van der Waals surface area contributed by atoms with Crippen molar-refractivity contribution in [1.29, 1.82) is 0 Å². The number of aliphatic carboxylic acids is 1. The van der Waals surface area contributed by atoms with Crippen LogP contribution in [0.25, 0.3) is 0 Å². The summed E-state index contributed by atoms with van der Waals surface area (Å²) < 4.78 is 5.36. The summed E-state index contributed by atoms with van der Waals surface area (Å²) in [4.78, 5) is 21.7. The van der Waals surface area contributed by atoms with Crippen molar-refractivity contribution in [2.75, 3.05) is 6.61 Å². The Hall–Kier alpha value is -1.10. The second-order valence-electron chi connectivity index (χ2n) is 4.12. The van der Waals surface area contributed by atoms with Crippen molar-refractivity contribution in [3.8, 4) is 0 Å². The van der Waals surface area contributed by atoms with Crippen LogP contribution in [-0.2, 0) is 14.3 Å². The molecule has 2 N–H and O–H groups in total. The van der Waals surface area contributed by atoms with Crippen LogP contribution in [-0.4, -0.2) is 35.2 Å². The van der Waals surface area contributed by atoms with Crippen molar-refractivity contribution in [3.63, 3.8) is 0 Å². The molecular formula is C10H17NO4. The summed E-state index contributed by atoms with van der Waals surface area (Å²) in [7, 11) is 0. The molecule has 86 valence electrons. The van der Waals surface area contributed by atoms with Gasteiger partial charge in [-0.05, 0) is 20.3 Å². The molecule has 0 spiro atoms. The van der Waals surface area contributed by atoms with Crippen molar-refractivity contribution in [2.24, 2.45) is 0 Å². The highest BCUT2D eigenvalue weighted by atomic mass is 16.5. The molecule has 1 amide bonds. The Labute approximate surface area is 88.8 Å². The Morgan fingerprint density at radius 3 is 2.67 bits per heavy atom. The fourth-order valence-electron chi connectivity index (χ4n) is 1.60. The second-order valence-corrected chi connectivity index (χ2v) is 4.12. The summed E-state index contributed by atoms with van der Waals surface area (Å²) >= 11 is 0. The fourth-order valence-corrected chi connectivity index (χ4v) is 1.60. The Bertz CT molecular complexity index is 266. The van der Waals surface area contributed by atoms with E-state index >= 15 is 0 Å². The molecule has 0 aliphatic carbocycles. The van der Waals surface area contributed by atoms with Gasteiger partial charge in [-0.25, -0.2) is 0 Å². The zero-order valence-corrected chi connectivity index (χ0v) is 9.08. The molecule has 1 rings (SSSR count).